The van der Waals surface area contributed by atoms with Crippen molar-refractivity contribution in [2.45, 2.75) is 19.8 Å². The average molecular weight is 262 g/mol. The summed E-state index contributed by atoms with van der Waals surface area (Å²) in [6.45, 7) is 2.32. The summed E-state index contributed by atoms with van der Waals surface area (Å²) in [5.74, 6) is -0.444. The van der Waals surface area contributed by atoms with Crippen LogP contribution in [0.25, 0.3) is 0 Å². The van der Waals surface area contributed by atoms with Gasteiger partial charge in [-0.25, -0.2) is 9.78 Å². The van der Waals surface area contributed by atoms with Crippen molar-refractivity contribution in [1.29, 1.82) is 0 Å². The van der Waals surface area contributed by atoms with Crippen LogP contribution in [0.5, 0.6) is 0 Å². The molecule has 0 saturated carbocycles. The van der Waals surface area contributed by atoms with E-state index in [1.54, 1.807) is 12.1 Å². The van der Waals surface area contributed by atoms with Gasteiger partial charge < -0.3 is 5.32 Å². The molecule has 100 valence electrons. The summed E-state index contributed by atoms with van der Waals surface area (Å²) < 4.78 is 4.35. The molecule has 0 spiro atoms. The molecule has 0 bridgehead atoms. The van der Waals surface area contributed by atoms with Crippen LogP contribution in [0, 0.1) is 0 Å². The molecule has 0 aromatic carbocycles. The summed E-state index contributed by atoms with van der Waals surface area (Å²) >= 11 is 0. The number of carbonyl (C=O) groups is 1. The topological polar surface area (TPSA) is 101 Å². The zero-order chi connectivity index (χ0) is 13.7. The van der Waals surface area contributed by atoms with Crippen LogP contribution in [-0.2, 0) is 12.8 Å². The first-order valence-corrected chi connectivity index (χ1v) is 5.98. The van der Waals surface area contributed by atoms with Crippen molar-refractivity contribution in [1.82, 2.24) is 20.4 Å². The highest BCUT2D eigenvalue weighted by Crippen LogP contribution is 2.00. The van der Waals surface area contributed by atoms with Gasteiger partial charge in [0.2, 0.25) is 0 Å². The molecular formula is C12H14N4O3. The van der Waals surface area contributed by atoms with Crippen molar-refractivity contribution in [2.75, 3.05) is 6.54 Å². The maximum absolute atomic E-state index is 11.8. The van der Waals surface area contributed by atoms with Crippen LogP contribution in [-0.4, -0.2) is 27.6 Å². The summed E-state index contributed by atoms with van der Waals surface area (Å²) in [6, 6.07) is 5.33. The molecule has 0 saturated heterocycles. The first-order chi connectivity index (χ1) is 9.19. The lowest BCUT2D eigenvalue weighted by Gasteiger charge is -2.04. The first kappa shape index (κ1) is 13.0. The summed E-state index contributed by atoms with van der Waals surface area (Å²) in [6.07, 6.45) is 1.17. The van der Waals surface area contributed by atoms with E-state index in [-0.39, 0.29) is 5.91 Å². The largest absolute Gasteiger partial charge is 0.438 e. The Morgan fingerprint density at radius 3 is 3.00 bits per heavy atom. The molecule has 0 aliphatic carbocycles. The Kier molecular flexibility index (Phi) is 4.07. The lowest BCUT2D eigenvalue weighted by atomic mass is 10.2. The van der Waals surface area contributed by atoms with Gasteiger partial charge in [-0.15, -0.1) is 0 Å². The van der Waals surface area contributed by atoms with Gasteiger partial charge in [0.05, 0.1) is 0 Å². The second kappa shape index (κ2) is 5.94. The van der Waals surface area contributed by atoms with Gasteiger partial charge in [-0.05, 0) is 18.6 Å². The Bertz CT molecular complexity index is 617. The van der Waals surface area contributed by atoms with Gasteiger partial charge >= 0.3 is 5.76 Å². The van der Waals surface area contributed by atoms with Crippen LogP contribution in [0.2, 0.25) is 0 Å². The molecule has 2 N–H and O–H groups in total. The maximum atomic E-state index is 11.8. The Morgan fingerprint density at radius 1 is 1.47 bits per heavy atom. The Morgan fingerprint density at radius 2 is 2.32 bits per heavy atom. The molecule has 1 amide bonds. The highest BCUT2D eigenvalue weighted by molar-refractivity contribution is 5.92. The predicted molar refractivity (Wildman–Crippen MR) is 66.8 cm³/mol. The zero-order valence-corrected chi connectivity index (χ0v) is 10.5. The van der Waals surface area contributed by atoms with Crippen LogP contribution in [0.4, 0.5) is 0 Å². The number of carbonyl (C=O) groups excluding carboxylic acids is 1. The van der Waals surface area contributed by atoms with Crippen molar-refractivity contribution < 1.29 is 9.32 Å². The number of hydrogen-bond acceptors (Lipinski definition) is 5. The van der Waals surface area contributed by atoms with E-state index >= 15 is 0 Å². The number of rotatable bonds is 5. The van der Waals surface area contributed by atoms with Gasteiger partial charge in [-0.2, -0.15) is 0 Å². The van der Waals surface area contributed by atoms with Crippen molar-refractivity contribution in [3.8, 4) is 0 Å². The van der Waals surface area contributed by atoms with Crippen LogP contribution in [0.3, 0.4) is 0 Å². The fourth-order valence-electron chi connectivity index (χ4n) is 1.56. The van der Waals surface area contributed by atoms with Crippen LogP contribution in [0.15, 0.2) is 27.5 Å². The molecule has 2 aromatic rings. The third-order valence-electron chi connectivity index (χ3n) is 2.53. The Labute approximate surface area is 109 Å². The maximum Gasteiger partial charge on any atom is 0.438 e. The molecule has 0 unspecified atom stereocenters. The van der Waals surface area contributed by atoms with E-state index in [9.17, 15) is 9.59 Å². The number of aromatic amines is 1. The molecule has 2 heterocycles. The molecule has 7 nitrogen and oxygen atoms in total. The minimum atomic E-state index is -0.598. The fraction of sp³-hybridized carbons (Fsp3) is 0.333. The van der Waals surface area contributed by atoms with Crippen molar-refractivity contribution in [3.05, 3.63) is 46.0 Å². The third-order valence-corrected chi connectivity index (χ3v) is 2.53. The van der Waals surface area contributed by atoms with E-state index in [1.165, 1.54) is 0 Å². The lowest BCUT2D eigenvalue weighted by molar-refractivity contribution is 0.0948. The van der Waals surface area contributed by atoms with E-state index < -0.39 is 5.76 Å². The van der Waals surface area contributed by atoms with Crippen LogP contribution < -0.4 is 11.1 Å². The normalized spacial score (nSPS) is 10.4. The Balaban J connectivity index is 1.88. The quantitative estimate of drug-likeness (QED) is 0.806. The molecule has 2 rings (SSSR count). The standard InChI is InChI=1S/C12H14N4O3/c1-2-8-4-3-5-9(14-8)11(17)13-7-6-10-15-12(18)19-16-10/h3-5H,2,6-7H2,1H3,(H,13,17)(H,15,16,18). The van der Waals surface area contributed by atoms with Crippen LogP contribution >= 0.6 is 0 Å². The second-order valence-electron chi connectivity index (χ2n) is 3.92. The number of H-pyrrole nitrogens is 1. The molecular weight excluding hydrogens is 248 g/mol. The van der Waals surface area contributed by atoms with E-state index in [2.05, 4.69) is 25.0 Å². The minimum absolute atomic E-state index is 0.249. The first-order valence-electron chi connectivity index (χ1n) is 5.98. The average Bonchev–Trinajstić information content (AvgIpc) is 2.84. The molecule has 7 heteroatoms. The van der Waals surface area contributed by atoms with Crippen LogP contribution in [0.1, 0.15) is 28.9 Å². The summed E-state index contributed by atoms with van der Waals surface area (Å²) in [5, 5.41) is 6.21. The number of hydrogen-bond donors (Lipinski definition) is 2. The van der Waals surface area contributed by atoms with Gasteiger partial charge in [0.1, 0.15) is 5.69 Å². The number of aromatic nitrogens is 3. The molecule has 0 radical (unpaired) electrons. The van der Waals surface area contributed by atoms with E-state index in [1.807, 2.05) is 13.0 Å². The monoisotopic (exact) mass is 262 g/mol. The van der Waals surface area contributed by atoms with E-state index in [0.717, 1.165) is 12.1 Å². The molecule has 2 aromatic heterocycles. The number of amides is 1. The number of nitrogens with zero attached hydrogens (tertiary/aromatic N) is 2. The predicted octanol–water partition coefficient (Wildman–Crippen LogP) is 0.293. The smallest absolute Gasteiger partial charge is 0.350 e. The summed E-state index contributed by atoms with van der Waals surface area (Å²) in [5.41, 5.74) is 1.25. The van der Waals surface area contributed by atoms with Crippen molar-refractivity contribution in [3.63, 3.8) is 0 Å². The van der Waals surface area contributed by atoms with Crippen molar-refractivity contribution in [2.24, 2.45) is 0 Å². The zero-order valence-electron chi connectivity index (χ0n) is 10.5. The number of aryl methyl sites for hydroxylation is 1. The number of nitrogens with one attached hydrogen (secondary N) is 2. The highest BCUT2D eigenvalue weighted by atomic mass is 16.5. The van der Waals surface area contributed by atoms with Gasteiger partial charge in [0, 0.05) is 18.7 Å². The third kappa shape index (κ3) is 3.51. The van der Waals surface area contributed by atoms with Gasteiger partial charge in [0.25, 0.3) is 5.91 Å². The summed E-state index contributed by atoms with van der Waals surface area (Å²) in [7, 11) is 0. The molecule has 0 atom stereocenters. The highest BCUT2D eigenvalue weighted by Gasteiger charge is 2.07. The lowest BCUT2D eigenvalue weighted by Crippen LogP contribution is -2.27. The second-order valence-corrected chi connectivity index (χ2v) is 3.92. The molecule has 0 aliphatic rings. The number of pyridine rings is 1. The minimum Gasteiger partial charge on any atom is -0.350 e. The van der Waals surface area contributed by atoms with E-state index in [4.69, 9.17) is 0 Å². The fourth-order valence-corrected chi connectivity index (χ4v) is 1.56. The van der Waals surface area contributed by atoms with Gasteiger partial charge in [-0.3, -0.25) is 14.3 Å². The molecule has 19 heavy (non-hydrogen) atoms. The van der Waals surface area contributed by atoms with E-state index in [0.29, 0.717) is 24.5 Å². The summed E-state index contributed by atoms with van der Waals surface area (Å²) in [4.78, 5) is 29.1. The van der Waals surface area contributed by atoms with Crippen molar-refractivity contribution >= 4 is 5.91 Å². The molecule has 0 aliphatic heterocycles. The Hall–Kier alpha value is -2.44. The van der Waals surface area contributed by atoms with Gasteiger partial charge in [0.15, 0.2) is 5.82 Å². The SMILES string of the molecule is CCc1cccc(C(=O)NCCc2noc(=O)[nH]2)n1. The molecule has 0 fully saturated rings. The van der Waals surface area contributed by atoms with Gasteiger partial charge in [-0.1, -0.05) is 18.1 Å².